The van der Waals surface area contributed by atoms with Crippen molar-refractivity contribution in [2.75, 3.05) is 29.9 Å². The van der Waals surface area contributed by atoms with Gasteiger partial charge in [0.2, 0.25) is 0 Å². The van der Waals surface area contributed by atoms with Crippen LogP contribution < -0.4 is 10.2 Å². The summed E-state index contributed by atoms with van der Waals surface area (Å²) in [5, 5.41) is 15.1. The van der Waals surface area contributed by atoms with Gasteiger partial charge in [-0.15, -0.1) is 11.3 Å². The van der Waals surface area contributed by atoms with E-state index in [4.69, 9.17) is 16.6 Å². The summed E-state index contributed by atoms with van der Waals surface area (Å²) >= 11 is 9.20. The third-order valence-corrected chi connectivity index (χ3v) is 9.04. The highest BCUT2D eigenvalue weighted by Crippen LogP contribution is 2.37. The SMILES string of the molecule is C[C@H]1CCCN1Cc1sc(NC(=O)c2cnc(N3CCC(C(=O)O)CC3)cn2)nc1-c1cc(Cl)cs1. The molecule has 0 aliphatic carbocycles. The Morgan fingerprint density at radius 1 is 1.19 bits per heavy atom. The Hall–Kier alpha value is -2.60. The molecule has 5 heterocycles. The predicted molar refractivity (Wildman–Crippen MR) is 142 cm³/mol. The first kappa shape index (κ1) is 25.1. The zero-order valence-corrected chi connectivity index (χ0v) is 22.2. The van der Waals surface area contributed by atoms with Crippen molar-refractivity contribution in [1.82, 2.24) is 19.9 Å². The van der Waals surface area contributed by atoms with Crippen LogP contribution in [-0.4, -0.2) is 62.5 Å². The number of hydrogen-bond donors (Lipinski definition) is 2. The number of carbonyl (C=O) groups is 2. The van der Waals surface area contributed by atoms with Gasteiger partial charge >= 0.3 is 5.97 Å². The van der Waals surface area contributed by atoms with E-state index in [2.05, 4.69) is 27.1 Å². The van der Waals surface area contributed by atoms with Crippen LogP contribution in [0.3, 0.4) is 0 Å². The fourth-order valence-corrected chi connectivity index (χ4v) is 6.82. The van der Waals surface area contributed by atoms with Gasteiger partial charge in [0.25, 0.3) is 5.91 Å². The lowest BCUT2D eigenvalue weighted by Gasteiger charge is -2.30. The number of hydrogen-bond acceptors (Lipinski definition) is 9. The van der Waals surface area contributed by atoms with Gasteiger partial charge in [-0.05, 0) is 45.2 Å². The number of amides is 1. The molecule has 0 unspecified atom stereocenters. The number of aromatic nitrogens is 3. The van der Waals surface area contributed by atoms with Gasteiger partial charge < -0.3 is 10.0 Å². The summed E-state index contributed by atoms with van der Waals surface area (Å²) < 4.78 is 0. The van der Waals surface area contributed by atoms with Crippen molar-refractivity contribution in [1.29, 1.82) is 0 Å². The van der Waals surface area contributed by atoms with Gasteiger partial charge in [0.15, 0.2) is 5.13 Å². The van der Waals surface area contributed by atoms with E-state index < -0.39 is 5.97 Å². The first-order valence-corrected chi connectivity index (χ1v) is 14.0. The molecule has 0 aromatic carbocycles. The maximum atomic E-state index is 12.9. The minimum atomic E-state index is -0.752. The Kier molecular flexibility index (Phi) is 7.52. The van der Waals surface area contributed by atoms with Crippen LogP contribution in [0.15, 0.2) is 23.8 Å². The molecule has 2 N–H and O–H groups in total. The number of thiophene rings is 1. The number of anilines is 2. The minimum Gasteiger partial charge on any atom is -0.481 e. The molecule has 0 bridgehead atoms. The van der Waals surface area contributed by atoms with Crippen LogP contribution in [0.2, 0.25) is 5.02 Å². The zero-order valence-electron chi connectivity index (χ0n) is 19.8. The number of carbonyl (C=O) groups excluding carboxylic acids is 1. The summed E-state index contributed by atoms with van der Waals surface area (Å²) in [6, 6.07) is 2.43. The van der Waals surface area contributed by atoms with Gasteiger partial charge in [-0.3, -0.25) is 19.8 Å². The number of aliphatic carboxylic acids is 1. The van der Waals surface area contributed by atoms with Gasteiger partial charge in [0.05, 0.1) is 33.9 Å². The monoisotopic (exact) mass is 546 g/mol. The van der Waals surface area contributed by atoms with E-state index in [0.29, 0.717) is 47.9 Å². The molecule has 0 radical (unpaired) electrons. The van der Waals surface area contributed by atoms with Crippen molar-refractivity contribution in [2.24, 2.45) is 5.92 Å². The van der Waals surface area contributed by atoms with Crippen LogP contribution in [0.5, 0.6) is 0 Å². The summed E-state index contributed by atoms with van der Waals surface area (Å²) in [7, 11) is 0. The smallest absolute Gasteiger partial charge is 0.306 e. The Balaban J connectivity index is 1.28. The largest absolute Gasteiger partial charge is 0.481 e. The van der Waals surface area contributed by atoms with E-state index in [9.17, 15) is 14.7 Å². The summed E-state index contributed by atoms with van der Waals surface area (Å²) in [5.41, 5.74) is 1.06. The van der Waals surface area contributed by atoms with Crippen LogP contribution in [0.1, 0.15) is 48.0 Å². The second-order valence-electron chi connectivity index (χ2n) is 9.20. The van der Waals surface area contributed by atoms with E-state index in [1.54, 1.807) is 17.5 Å². The van der Waals surface area contributed by atoms with Crippen molar-refractivity contribution < 1.29 is 14.7 Å². The standard InChI is InChI=1S/C24H27ClN6O3S2/c1-14-3-2-6-31(14)12-19-21(18-9-16(25)13-35-18)28-24(36-19)29-22(32)17-10-27-20(11-26-17)30-7-4-15(5-8-30)23(33)34/h9-11,13-15H,2-8,12H2,1H3,(H,33,34)(H,28,29,32)/t14-/m0/s1. The summed E-state index contributed by atoms with van der Waals surface area (Å²) in [5.74, 6) is -0.794. The zero-order chi connectivity index (χ0) is 25.2. The van der Waals surface area contributed by atoms with E-state index in [1.807, 2.05) is 16.3 Å². The minimum absolute atomic E-state index is 0.199. The number of thiazole rings is 1. The number of nitrogens with one attached hydrogen (secondary N) is 1. The highest BCUT2D eigenvalue weighted by molar-refractivity contribution is 7.17. The Bertz CT molecular complexity index is 1240. The number of halogens is 1. The lowest BCUT2D eigenvalue weighted by Crippen LogP contribution is -2.36. The van der Waals surface area contributed by atoms with Gasteiger partial charge in [-0.1, -0.05) is 22.9 Å². The molecule has 0 spiro atoms. The summed E-state index contributed by atoms with van der Waals surface area (Å²) in [6.07, 6.45) is 6.54. The lowest BCUT2D eigenvalue weighted by molar-refractivity contribution is -0.142. The van der Waals surface area contributed by atoms with E-state index in [0.717, 1.165) is 28.5 Å². The third kappa shape index (κ3) is 5.54. The van der Waals surface area contributed by atoms with E-state index in [-0.39, 0.29) is 17.5 Å². The number of piperidine rings is 1. The third-order valence-electron chi connectivity index (χ3n) is 6.79. The molecule has 2 fully saturated rings. The Morgan fingerprint density at radius 2 is 2.00 bits per heavy atom. The van der Waals surface area contributed by atoms with E-state index >= 15 is 0 Å². The van der Waals surface area contributed by atoms with Crippen molar-refractivity contribution in [3.63, 3.8) is 0 Å². The van der Waals surface area contributed by atoms with Crippen LogP contribution >= 0.6 is 34.3 Å². The van der Waals surface area contributed by atoms with E-state index in [1.165, 1.54) is 30.4 Å². The maximum Gasteiger partial charge on any atom is 0.306 e. The van der Waals surface area contributed by atoms with Gasteiger partial charge in [0.1, 0.15) is 11.5 Å². The second-order valence-corrected chi connectivity index (χ2v) is 11.6. The predicted octanol–water partition coefficient (Wildman–Crippen LogP) is 4.85. The molecule has 1 atom stereocenters. The molecule has 2 saturated heterocycles. The van der Waals surface area contributed by atoms with Crippen LogP contribution in [0.25, 0.3) is 10.6 Å². The average Bonchev–Trinajstić information content (AvgIpc) is 3.60. The molecule has 2 aliphatic rings. The van der Waals surface area contributed by atoms with Gasteiger partial charge in [-0.25, -0.2) is 15.0 Å². The summed E-state index contributed by atoms with van der Waals surface area (Å²) in [6.45, 7) is 5.29. The van der Waals surface area contributed by atoms with Crippen molar-refractivity contribution in [3.8, 4) is 10.6 Å². The topological polar surface area (TPSA) is 112 Å². The molecule has 190 valence electrons. The molecule has 36 heavy (non-hydrogen) atoms. The number of nitrogens with zero attached hydrogens (tertiary/aromatic N) is 5. The van der Waals surface area contributed by atoms with Crippen LogP contribution in [-0.2, 0) is 11.3 Å². The molecule has 2 aliphatic heterocycles. The van der Waals surface area contributed by atoms with Gasteiger partial charge in [0, 0.05) is 35.9 Å². The maximum absolute atomic E-state index is 12.9. The Morgan fingerprint density at radius 3 is 2.61 bits per heavy atom. The molecule has 1 amide bonds. The first-order chi connectivity index (χ1) is 17.4. The lowest BCUT2D eigenvalue weighted by atomic mass is 9.97. The number of rotatable bonds is 7. The quantitative estimate of drug-likeness (QED) is 0.432. The second kappa shape index (κ2) is 10.8. The number of likely N-dealkylation sites (tertiary alicyclic amines) is 1. The molecule has 9 nitrogen and oxygen atoms in total. The normalized spacial score (nSPS) is 19.1. The fourth-order valence-electron chi connectivity index (χ4n) is 4.67. The van der Waals surface area contributed by atoms with Crippen LogP contribution in [0.4, 0.5) is 10.9 Å². The Labute approximate surface area is 222 Å². The molecule has 3 aromatic heterocycles. The number of carboxylic acid groups (broad SMARTS) is 1. The molecule has 3 aromatic rings. The summed E-state index contributed by atoms with van der Waals surface area (Å²) in [4.78, 5) is 44.1. The highest BCUT2D eigenvalue weighted by Gasteiger charge is 2.26. The van der Waals surface area contributed by atoms with Gasteiger partial charge in [-0.2, -0.15) is 0 Å². The van der Waals surface area contributed by atoms with Crippen molar-refractivity contribution >= 4 is 57.1 Å². The molecular weight excluding hydrogens is 520 g/mol. The van der Waals surface area contributed by atoms with Crippen molar-refractivity contribution in [2.45, 2.75) is 45.2 Å². The van der Waals surface area contributed by atoms with Crippen LogP contribution in [0, 0.1) is 5.92 Å². The molecule has 5 rings (SSSR count). The molecular formula is C24H27ClN6O3S2. The van der Waals surface area contributed by atoms with Crippen molar-refractivity contribution in [3.05, 3.63) is 39.4 Å². The highest BCUT2D eigenvalue weighted by atomic mass is 35.5. The fraction of sp³-hybridized carbons (Fsp3) is 0.458. The first-order valence-electron chi connectivity index (χ1n) is 12.0. The molecule has 0 saturated carbocycles. The average molecular weight is 547 g/mol. The molecule has 12 heteroatoms. The number of carboxylic acids is 1.